The molecule has 3 aromatic rings. The van der Waals surface area contributed by atoms with Crippen LogP contribution in [-0.4, -0.2) is 15.1 Å². The summed E-state index contributed by atoms with van der Waals surface area (Å²) < 4.78 is 24.3. The molecule has 0 aliphatic rings. The number of hydrogen-bond donors (Lipinski definition) is 0. The van der Waals surface area contributed by atoms with Crippen molar-refractivity contribution in [2.45, 2.75) is 30.6 Å². The lowest BCUT2D eigenvalue weighted by Crippen LogP contribution is -1.97. The van der Waals surface area contributed by atoms with Gasteiger partial charge >= 0.3 is 0 Å². The molecule has 0 saturated carbocycles. The van der Waals surface area contributed by atoms with Gasteiger partial charge in [0.2, 0.25) is 0 Å². The Kier molecular flexibility index (Phi) is 5.17. The zero-order valence-electron chi connectivity index (χ0n) is 13.9. The number of nitro benzene ring substituents is 1. The average molecular weight is 375 g/mol. The molecule has 1 heterocycles. The summed E-state index contributed by atoms with van der Waals surface area (Å²) in [5.41, 5.74) is 1.68. The summed E-state index contributed by atoms with van der Waals surface area (Å²) in [7, 11) is 0. The number of ether oxygens (including phenoxy) is 1. The molecule has 3 rings (SSSR count). The van der Waals surface area contributed by atoms with Crippen LogP contribution in [-0.2, 0) is 6.61 Å². The van der Waals surface area contributed by atoms with E-state index in [0.717, 1.165) is 35.0 Å². The Labute approximate surface area is 152 Å². The second-order valence-electron chi connectivity index (χ2n) is 5.49. The first-order valence-corrected chi connectivity index (χ1v) is 8.38. The van der Waals surface area contributed by atoms with Crippen molar-refractivity contribution >= 4 is 17.4 Å². The van der Waals surface area contributed by atoms with Gasteiger partial charge in [0.15, 0.2) is 6.61 Å². The third-order valence-corrected chi connectivity index (χ3v) is 4.36. The molecule has 0 fully saturated rings. The fourth-order valence-corrected chi connectivity index (χ4v) is 2.94. The Morgan fingerprint density at radius 1 is 1.23 bits per heavy atom. The molecular weight excluding hydrogens is 361 g/mol. The maximum atomic E-state index is 13.2. The average Bonchev–Trinajstić information content (AvgIpc) is 3.04. The van der Waals surface area contributed by atoms with Crippen LogP contribution < -0.4 is 4.74 Å². The number of hydrogen-bond acceptors (Lipinski definition) is 7. The first-order valence-electron chi connectivity index (χ1n) is 7.56. The number of nitro groups is 1. The summed E-state index contributed by atoms with van der Waals surface area (Å²) in [4.78, 5) is 10.6. The zero-order chi connectivity index (χ0) is 18.7. The molecule has 0 radical (unpaired) electrons. The van der Waals surface area contributed by atoms with Gasteiger partial charge in [-0.05, 0) is 54.9 Å². The lowest BCUT2D eigenvalue weighted by Gasteiger charge is -2.07. The molecule has 2 aromatic carbocycles. The number of nitrogens with zero attached hydrogens (tertiary/aromatic N) is 3. The van der Waals surface area contributed by atoms with Crippen molar-refractivity contribution in [3.8, 4) is 5.75 Å². The smallest absolute Gasteiger partial charge is 0.286 e. The van der Waals surface area contributed by atoms with Gasteiger partial charge in [0.25, 0.3) is 16.8 Å². The van der Waals surface area contributed by atoms with Crippen LogP contribution in [0.4, 0.5) is 10.1 Å². The van der Waals surface area contributed by atoms with Gasteiger partial charge in [-0.25, -0.2) is 4.39 Å². The number of aromatic nitrogens is 2. The fraction of sp³-hybridized carbons (Fsp3) is 0.176. The third kappa shape index (κ3) is 4.17. The minimum atomic E-state index is -0.686. The van der Waals surface area contributed by atoms with E-state index >= 15 is 0 Å². The first-order chi connectivity index (χ1) is 12.4. The van der Waals surface area contributed by atoms with Gasteiger partial charge in [0.1, 0.15) is 11.6 Å². The second kappa shape index (κ2) is 7.52. The molecule has 0 atom stereocenters. The molecule has 0 aliphatic carbocycles. The molecule has 9 heteroatoms. The standard InChI is InChI=1S/C17H14FN3O4S/c1-10-3-4-11(2)14(7-10)24-9-16-19-20-17(25-16)26-15-6-5-12(18)8-13(15)21(22)23/h3-8H,9H2,1-2H3. The minimum Gasteiger partial charge on any atom is -0.484 e. The summed E-state index contributed by atoms with van der Waals surface area (Å²) in [6, 6.07) is 9.13. The van der Waals surface area contributed by atoms with E-state index in [2.05, 4.69) is 10.2 Å². The summed E-state index contributed by atoms with van der Waals surface area (Å²) >= 11 is 0.895. The second-order valence-corrected chi connectivity index (χ2v) is 6.48. The number of benzene rings is 2. The summed E-state index contributed by atoms with van der Waals surface area (Å²) in [5, 5.41) is 18.8. The number of aryl methyl sites for hydroxylation is 2. The van der Waals surface area contributed by atoms with Gasteiger partial charge in [-0.2, -0.15) is 0 Å². The fourth-order valence-electron chi connectivity index (χ4n) is 2.15. The van der Waals surface area contributed by atoms with Crippen LogP contribution in [0, 0.1) is 29.8 Å². The van der Waals surface area contributed by atoms with Crippen molar-refractivity contribution in [2.75, 3.05) is 0 Å². The van der Waals surface area contributed by atoms with E-state index in [1.807, 2.05) is 32.0 Å². The Bertz CT molecular complexity index is 961. The predicted molar refractivity (Wildman–Crippen MR) is 91.7 cm³/mol. The van der Waals surface area contributed by atoms with E-state index in [0.29, 0.717) is 5.75 Å². The first kappa shape index (κ1) is 17.9. The SMILES string of the molecule is Cc1ccc(C)c(OCc2nnc(Sc3ccc(F)cc3[N+](=O)[O-])o2)c1. The largest absolute Gasteiger partial charge is 0.484 e. The van der Waals surface area contributed by atoms with Gasteiger partial charge in [-0.3, -0.25) is 10.1 Å². The summed E-state index contributed by atoms with van der Waals surface area (Å²) in [5.74, 6) is 0.263. The molecule has 0 bridgehead atoms. The molecule has 0 N–H and O–H groups in total. The molecule has 0 spiro atoms. The van der Waals surface area contributed by atoms with Crippen molar-refractivity contribution in [1.82, 2.24) is 10.2 Å². The van der Waals surface area contributed by atoms with Gasteiger partial charge < -0.3 is 9.15 Å². The zero-order valence-corrected chi connectivity index (χ0v) is 14.7. The van der Waals surface area contributed by atoms with Gasteiger partial charge in [0, 0.05) is 0 Å². The van der Waals surface area contributed by atoms with Crippen molar-refractivity contribution < 1.29 is 18.5 Å². The van der Waals surface area contributed by atoms with E-state index in [4.69, 9.17) is 9.15 Å². The molecule has 0 unspecified atom stereocenters. The van der Waals surface area contributed by atoms with Crippen molar-refractivity contribution in [1.29, 1.82) is 0 Å². The maximum Gasteiger partial charge on any atom is 0.286 e. The maximum absolute atomic E-state index is 13.2. The minimum absolute atomic E-state index is 0.0728. The molecule has 134 valence electrons. The molecule has 0 amide bonds. The van der Waals surface area contributed by atoms with Crippen LogP contribution in [0.5, 0.6) is 5.75 Å². The van der Waals surface area contributed by atoms with Crippen LogP contribution in [0.2, 0.25) is 0 Å². The van der Waals surface area contributed by atoms with Crippen LogP contribution in [0.1, 0.15) is 17.0 Å². The van der Waals surface area contributed by atoms with E-state index < -0.39 is 10.7 Å². The lowest BCUT2D eigenvalue weighted by molar-refractivity contribution is -0.387. The quantitative estimate of drug-likeness (QED) is 0.464. The molecule has 7 nitrogen and oxygen atoms in total. The Morgan fingerprint density at radius 3 is 2.81 bits per heavy atom. The number of rotatable bonds is 6. The van der Waals surface area contributed by atoms with Crippen molar-refractivity contribution in [3.05, 3.63) is 69.3 Å². The van der Waals surface area contributed by atoms with E-state index in [9.17, 15) is 14.5 Å². The molecule has 0 saturated heterocycles. The highest BCUT2D eigenvalue weighted by Crippen LogP contribution is 2.34. The van der Waals surface area contributed by atoms with E-state index in [1.54, 1.807) is 0 Å². The Balaban J connectivity index is 1.71. The topological polar surface area (TPSA) is 91.3 Å². The Morgan fingerprint density at radius 2 is 2.04 bits per heavy atom. The van der Waals surface area contributed by atoms with Crippen LogP contribution in [0.3, 0.4) is 0 Å². The van der Waals surface area contributed by atoms with Gasteiger partial charge in [-0.15, -0.1) is 10.2 Å². The van der Waals surface area contributed by atoms with Crippen LogP contribution in [0.25, 0.3) is 0 Å². The van der Waals surface area contributed by atoms with Crippen molar-refractivity contribution in [3.63, 3.8) is 0 Å². The van der Waals surface area contributed by atoms with Crippen LogP contribution in [0.15, 0.2) is 50.9 Å². The summed E-state index contributed by atoms with van der Waals surface area (Å²) in [6.07, 6.45) is 0. The van der Waals surface area contributed by atoms with Gasteiger partial charge in [-0.1, -0.05) is 12.1 Å². The molecule has 0 aliphatic heterocycles. The van der Waals surface area contributed by atoms with E-state index in [1.165, 1.54) is 6.07 Å². The molecular formula is C17H14FN3O4S. The number of halogens is 1. The van der Waals surface area contributed by atoms with Crippen LogP contribution >= 0.6 is 11.8 Å². The highest BCUT2D eigenvalue weighted by Gasteiger charge is 2.19. The van der Waals surface area contributed by atoms with E-state index in [-0.39, 0.29) is 28.3 Å². The monoisotopic (exact) mass is 375 g/mol. The lowest BCUT2D eigenvalue weighted by atomic mass is 10.1. The summed E-state index contributed by atoms with van der Waals surface area (Å²) in [6.45, 7) is 3.96. The van der Waals surface area contributed by atoms with Crippen molar-refractivity contribution in [2.24, 2.45) is 0 Å². The molecule has 26 heavy (non-hydrogen) atoms. The van der Waals surface area contributed by atoms with Gasteiger partial charge in [0.05, 0.1) is 15.9 Å². The highest BCUT2D eigenvalue weighted by molar-refractivity contribution is 7.99. The third-order valence-electron chi connectivity index (χ3n) is 3.46. The molecule has 1 aromatic heterocycles. The predicted octanol–water partition coefficient (Wildman–Crippen LogP) is 4.46. The normalized spacial score (nSPS) is 10.7. The Hall–Kier alpha value is -2.94. The highest BCUT2D eigenvalue weighted by atomic mass is 32.2.